The van der Waals surface area contributed by atoms with Crippen molar-refractivity contribution >= 4 is 27.7 Å². The monoisotopic (exact) mass is 594 g/mol. The lowest BCUT2D eigenvalue weighted by atomic mass is 10.1. The van der Waals surface area contributed by atoms with Crippen LogP contribution in [0.1, 0.15) is 50.3 Å². The van der Waals surface area contributed by atoms with Crippen LogP contribution < -0.4 is 14.4 Å². The second kappa shape index (κ2) is 12.1. The molecule has 0 aliphatic carbocycles. The van der Waals surface area contributed by atoms with Gasteiger partial charge in [0, 0.05) is 19.3 Å². The zero-order valence-corrected chi connectivity index (χ0v) is 23.1. The molecule has 0 atom stereocenters. The van der Waals surface area contributed by atoms with Crippen molar-refractivity contribution in [3.05, 3.63) is 82.0 Å². The maximum absolute atomic E-state index is 12.5. The van der Waals surface area contributed by atoms with E-state index in [-0.39, 0.29) is 5.75 Å². The number of pyridine rings is 1. The van der Waals surface area contributed by atoms with Gasteiger partial charge in [0.25, 0.3) is 0 Å². The number of alkyl halides is 3. The third kappa shape index (κ3) is 8.37. The molecule has 0 saturated carbocycles. The van der Waals surface area contributed by atoms with Crippen LogP contribution in [0.3, 0.4) is 0 Å². The second-order valence-corrected chi connectivity index (χ2v) is 10.5. The van der Waals surface area contributed by atoms with Crippen LogP contribution in [0.25, 0.3) is 0 Å². The molecule has 204 valence electrons. The average molecular weight is 595 g/mol. The minimum Gasteiger partial charge on any atom is -0.478 e. The SMILES string of the molecule is CC(C)c1ccc(N(CCc2ccc(OC(C)(C)C(=O)O)c(Br)c2)Cc2ccc(OC(F)(F)F)cc2)nc1. The van der Waals surface area contributed by atoms with Crippen molar-refractivity contribution in [1.82, 2.24) is 4.98 Å². The molecular weight excluding hydrogens is 565 g/mol. The Morgan fingerprint density at radius 2 is 1.68 bits per heavy atom. The molecule has 3 rings (SSSR count). The molecule has 0 fully saturated rings. The van der Waals surface area contributed by atoms with Crippen molar-refractivity contribution in [2.45, 2.75) is 58.5 Å². The fourth-order valence-corrected chi connectivity index (χ4v) is 4.09. The molecule has 1 heterocycles. The molecule has 1 aromatic heterocycles. The number of ether oxygens (including phenoxy) is 2. The Kier molecular flexibility index (Phi) is 9.30. The highest BCUT2D eigenvalue weighted by Gasteiger charge is 2.31. The highest BCUT2D eigenvalue weighted by Crippen LogP contribution is 2.30. The summed E-state index contributed by atoms with van der Waals surface area (Å²) in [6.45, 7) is 8.13. The molecule has 10 heteroatoms. The maximum atomic E-state index is 12.5. The molecular formula is C28H30BrF3N2O4. The lowest BCUT2D eigenvalue weighted by Gasteiger charge is -2.25. The largest absolute Gasteiger partial charge is 0.573 e. The fourth-order valence-electron chi connectivity index (χ4n) is 3.58. The van der Waals surface area contributed by atoms with Gasteiger partial charge >= 0.3 is 12.3 Å². The van der Waals surface area contributed by atoms with Crippen LogP contribution in [0.15, 0.2) is 65.3 Å². The third-order valence-corrected chi connectivity index (χ3v) is 6.46. The molecule has 0 amide bonds. The zero-order chi connectivity index (χ0) is 28.1. The molecule has 1 N–H and O–H groups in total. The average Bonchev–Trinajstić information content (AvgIpc) is 2.83. The van der Waals surface area contributed by atoms with Gasteiger partial charge in [0.05, 0.1) is 4.47 Å². The van der Waals surface area contributed by atoms with E-state index in [1.54, 1.807) is 18.2 Å². The van der Waals surface area contributed by atoms with E-state index in [1.165, 1.54) is 26.0 Å². The Hall–Kier alpha value is -3.27. The Balaban J connectivity index is 1.78. The first-order valence-corrected chi connectivity index (χ1v) is 12.8. The highest BCUT2D eigenvalue weighted by molar-refractivity contribution is 9.10. The summed E-state index contributed by atoms with van der Waals surface area (Å²) in [5, 5.41) is 9.33. The second-order valence-electron chi connectivity index (χ2n) is 9.65. The van der Waals surface area contributed by atoms with Crippen LogP contribution in [0.4, 0.5) is 19.0 Å². The van der Waals surface area contributed by atoms with Gasteiger partial charge in [-0.3, -0.25) is 0 Å². The molecule has 0 saturated heterocycles. The number of hydrogen-bond acceptors (Lipinski definition) is 5. The Bertz CT molecular complexity index is 1230. The molecule has 0 aliphatic rings. The molecule has 38 heavy (non-hydrogen) atoms. The first-order chi connectivity index (χ1) is 17.7. The van der Waals surface area contributed by atoms with Gasteiger partial charge in [0.1, 0.15) is 17.3 Å². The minimum atomic E-state index is -4.74. The van der Waals surface area contributed by atoms with Gasteiger partial charge in [-0.15, -0.1) is 13.2 Å². The number of benzene rings is 2. The molecule has 6 nitrogen and oxygen atoms in total. The lowest BCUT2D eigenvalue weighted by molar-refractivity contribution is -0.274. The van der Waals surface area contributed by atoms with Crippen molar-refractivity contribution in [3.63, 3.8) is 0 Å². The van der Waals surface area contributed by atoms with Crippen molar-refractivity contribution in [2.75, 3.05) is 11.4 Å². The van der Waals surface area contributed by atoms with Crippen molar-refractivity contribution < 1.29 is 32.5 Å². The normalized spacial score (nSPS) is 11.9. The molecule has 3 aromatic rings. The van der Waals surface area contributed by atoms with Gasteiger partial charge in [-0.25, -0.2) is 9.78 Å². The van der Waals surface area contributed by atoms with Crippen LogP contribution in [0.2, 0.25) is 0 Å². The van der Waals surface area contributed by atoms with E-state index in [9.17, 15) is 23.1 Å². The van der Waals surface area contributed by atoms with Gasteiger partial charge in [-0.1, -0.05) is 38.1 Å². The van der Waals surface area contributed by atoms with Crippen molar-refractivity contribution in [2.24, 2.45) is 0 Å². The quantitative estimate of drug-likeness (QED) is 0.250. The van der Waals surface area contributed by atoms with Crippen LogP contribution in [-0.4, -0.2) is 34.6 Å². The van der Waals surface area contributed by atoms with E-state index in [4.69, 9.17) is 4.74 Å². The van der Waals surface area contributed by atoms with Gasteiger partial charge in [-0.2, -0.15) is 0 Å². The number of rotatable bonds is 11. The number of carboxylic acid groups (broad SMARTS) is 1. The molecule has 2 aromatic carbocycles. The molecule has 0 bridgehead atoms. The summed E-state index contributed by atoms with van der Waals surface area (Å²) in [6.07, 6.45) is -2.28. The molecule has 0 aliphatic heterocycles. The zero-order valence-electron chi connectivity index (χ0n) is 21.6. The number of aliphatic carboxylic acids is 1. The van der Waals surface area contributed by atoms with Crippen molar-refractivity contribution in [1.29, 1.82) is 0 Å². The van der Waals surface area contributed by atoms with Gasteiger partial charge in [0.2, 0.25) is 0 Å². The third-order valence-electron chi connectivity index (χ3n) is 5.84. The Labute approximate surface area is 228 Å². The summed E-state index contributed by atoms with van der Waals surface area (Å²) in [6, 6.07) is 15.2. The number of hydrogen-bond donors (Lipinski definition) is 1. The predicted octanol–water partition coefficient (Wildman–Crippen LogP) is 7.36. The maximum Gasteiger partial charge on any atom is 0.573 e. The van der Waals surface area contributed by atoms with E-state index in [0.29, 0.717) is 35.7 Å². The summed E-state index contributed by atoms with van der Waals surface area (Å²) in [4.78, 5) is 18.1. The van der Waals surface area contributed by atoms with Gasteiger partial charge in [-0.05, 0) is 89.1 Å². The number of carboxylic acids is 1. The molecule has 0 radical (unpaired) electrons. The first-order valence-electron chi connectivity index (χ1n) is 12.0. The Morgan fingerprint density at radius 3 is 2.21 bits per heavy atom. The minimum absolute atomic E-state index is 0.273. The summed E-state index contributed by atoms with van der Waals surface area (Å²) in [7, 11) is 0. The molecule has 0 unspecified atom stereocenters. The smallest absolute Gasteiger partial charge is 0.478 e. The van der Waals surface area contributed by atoms with Gasteiger partial charge < -0.3 is 19.5 Å². The van der Waals surface area contributed by atoms with Crippen LogP contribution in [-0.2, 0) is 17.8 Å². The number of halogens is 4. The van der Waals surface area contributed by atoms with E-state index >= 15 is 0 Å². The van der Waals surface area contributed by atoms with Gasteiger partial charge in [0.15, 0.2) is 5.60 Å². The summed E-state index contributed by atoms with van der Waals surface area (Å²) >= 11 is 3.47. The number of anilines is 1. The summed E-state index contributed by atoms with van der Waals surface area (Å²) in [5.41, 5.74) is 1.51. The standard InChI is InChI=1S/C28H30BrF3N2O4/c1-18(2)21-8-12-25(33-16-21)34(17-20-5-9-22(10-6-20)37-28(30,31)32)14-13-19-7-11-24(23(29)15-19)38-27(3,4)26(35)36/h5-12,15-16,18H,13-14,17H2,1-4H3,(H,35,36). The highest BCUT2D eigenvalue weighted by atomic mass is 79.9. The predicted molar refractivity (Wildman–Crippen MR) is 143 cm³/mol. The number of aromatic nitrogens is 1. The van der Waals surface area contributed by atoms with Crippen LogP contribution in [0.5, 0.6) is 11.5 Å². The first kappa shape index (κ1) is 29.3. The van der Waals surface area contributed by atoms with Crippen molar-refractivity contribution in [3.8, 4) is 11.5 Å². The summed E-state index contributed by atoms with van der Waals surface area (Å²) < 4.78 is 47.8. The van der Waals surface area contributed by atoms with E-state index in [2.05, 4.69) is 44.4 Å². The Morgan fingerprint density at radius 1 is 1.03 bits per heavy atom. The van der Waals surface area contributed by atoms with Crippen LogP contribution in [0, 0.1) is 0 Å². The number of carbonyl (C=O) groups is 1. The van der Waals surface area contributed by atoms with E-state index in [0.717, 1.165) is 22.5 Å². The lowest BCUT2D eigenvalue weighted by Crippen LogP contribution is -2.38. The van der Waals surface area contributed by atoms with E-state index in [1.807, 2.05) is 30.5 Å². The summed E-state index contributed by atoms with van der Waals surface area (Å²) in [5.74, 6) is 0.149. The fraction of sp³-hybridized carbons (Fsp3) is 0.357. The van der Waals surface area contributed by atoms with Crippen LogP contribution >= 0.6 is 15.9 Å². The topological polar surface area (TPSA) is 71.9 Å². The van der Waals surface area contributed by atoms with E-state index < -0.39 is 17.9 Å². The number of nitrogens with zero attached hydrogens (tertiary/aromatic N) is 2. The molecule has 0 spiro atoms.